The summed E-state index contributed by atoms with van der Waals surface area (Å²) < 4.78 is 20.4. The van der Waals surface area contributed by atoms with E-state index in [0.29, 0.717) is 17.8 Å². The first-order chi connectivity index (χ1) is 12.5. The number of nitrogens with zero attached hydrogens (tertiary/aromatic N) is 3. The molecule has 0 bridgehead atoms. The van der Waals surface area contributed by atoms with Gasteiger partial charge >= 0.3 is 7.12 Å². The van der Waals surface area contributed by atoms with Crippen LogP contribution in [0.3, 0.4) is 0 Å². The molecular formula is C18H15BFN3O3. The third-order valence-electron chi connectivity index (χ3n) is 4.48. The predicted molar refractivity (Wildman–Crippen MR) is 92.9 cm³/mol. The lowest BCUT2D eigenvalue weighted by atomic mass is 9.78. The zero-order valence-electron chi connectivity index (χ0n) is 14.0. The number of para-hydroxylation sites is 1. The summed E-state index contributed by atoms with van der Waals surface area (Å²) in [6.45, 7) is 2.04. The number of carbonyl (C=O) groups excluding carboxylic acids is 1. The van der Waals surface area contributed by atoms with E-state index in [2.05, 4.69) is 10.3 Å². The van der Waals surface area contributed by atoms with Gasteiger partial charge in [0.2, 0.25) is 0 Å². The largest absolute Gasteiger partial charge is 0.491 e. The van der Waals surface area contributed by atoms with E-state index in [4.69, 9.17) is 4.65 Å². The third-order valence-corrected chi connectivity index (χ3v) is 4.48. The molecule has 0 unspecified atom stereocenters. The van der Waals surface area contributed by atoms with E-state index in [9.17, 15) is 14.2 Å². The number of benzene rings is 2. The number of rotatable bonds is 4. The number of carbonyl (C=O) groups is 1. The molecule has 0 radical (unpaired) electrons. The van der Waals surface area contributed by atoms with E-state index >= 15 is 0 Å². The normalized spacial score (nSPS) is 13.1. The average Bonchev–Trinajstić information content (AvgIpc) is 3.19. The Kier molecular flexibility index (Phi) is 4.14. The molecule has 0 spiro atoms. The van der Waals surface area contributed by atoms with Crippen molar-refractivity contribution in [2.75, 3.05) is 0 Å². The van der Waals surface area contributed by atoms with Crippen LogP contribution in [0.25, 0.3) is 5.69 Å². The van der Waals surface area contributed by atoms with Gasteiger partial charge in [0.15, 0.2) is 11.5 Å². The van der Waals surface area contributed by atoms with Crippen LogP contribution in [-0.4, -0.2) is 32.9 Å². The highest BCUT2D eigenvalue weighted by Crippen LogP contribution is 2.18. The molecule has 0 atom stereocenters. The molecule has 6 nitrogen and oxygen atoms in total. The fraction of sp³-hybridized carbons (Fsp3) is 0.167. The molecule has 8 heteroatoms. The van der Waals surface area contributed by atoms with Crippen molar-refractivity contribution >= 4 is 18.4 Å². The summed E-state index contributed by atoms with van der Waals surface area (Å²) in [6.07, 6.45) is 0.108. The van der Waals surface area contributed by atoms with E-state index in [1.165, 1.54) is 10.7 Å². The second kappa shape index (κ2) is 6.47. The minimum atomic E-state index is -0.955. The summed E-state index contributed by atoms with van der Waals surface area (Å²) in [6, 6.07) is 11.6. The Morgan fingerprint density at radius 1 is 1.35 bits per heavy atom. The van der Waals surface area contributed by atoms with Gasteiger partial charge in [-0.15, -0.1) is 5.10 Å². The fourth-order valence-corrected chi connectivity index (χ4v) is 3.08. The summed E-state index contributed by atoms with van der Waals surface area (Å²) in [4.78, 5) is 12.6. The standard InChI is InChI=1S/C18H15BFN3O3/c1-11-18(21-22-23(11)16-5-3-2-4-15(16)20)17(24)9-12-6-7-13-10-26-19(25)14(13)8-12/h2-8,25H,9-10H2,1H3. The molecule has 0 saturated carbocycles. The SMILES string of the molecule is Cc1c(C(=O)Cc2ccc3c(c2)B(O)OC3)nnn1-c1ccccc1F. The van der Waals surface area contributed by atoms with Gasteiger partial charge in [-0.2, -0.15) is 0 Å². The van der Waals surface area contributed by atoms with Gasteiger partial charge in [-0.05, 0) is 35.6 Å². The van der Waals surface area contributed by atoms with Crippen LogP contribution >= 0.6 is 0 Å². The summed E-state index contributed by atoms with van der Waals surface area (Å²) in [5, 5.41) is 17.7. The summed E-state index contributed by atoms with van der Waals surface area (Å²) in [5.41, 5.74) is 3.26. The molecule has 1 aromatic heterocycles. The molecule has 2 aromatic carbocycles. The molecule has 1 aliphatic heterocycles. The third kappa shape index (κ3) is 2.83. The first-order valence-corrected chi connectivity index (χ1v) is 8.16. The first kappa shape index (κ1) is 16.6. The van der Waals surface area contributed by atoms with E-state index in [1.807, 2.05) is 12.1 Å². The summed E-state index contributed by atoms with van der Waals surface area (Å²) >= 11 is 0. The van der Waals surface area contributed by atoms with Crippen LogP contribution in [0.15, 0.2) is 42.5 Å². The van der Waals surface area contributed by atoms with Crippen LogP contribution in [0.5, 0.6) is 0 Å². The van der Waals surface area contributed by atoms with Crippen LogP contribution in [0.4, 0.5) is 4.39 Å². The maximum Gasteiger partial charge on any atom is 0.491 e. The Hall–Kier alpha value is -2.84. The van der Waals surface area contributed by atoms with Crippen LogP contribution < -0.4 is 5.46 Å². The van der Waals surface area contributed by atoms with Gasteiger partial charge in [0.25, 0.3) is 0 Å². The van der Waals surface area contributed by atoms with Crippen molar-refractivity contribution in [2.45, 2.75) is 20.0 Å². The smallest absolute Gasteiger partial charge is 0.423 e. The van der Waals surface area contributed by atoms with Crippen molar-refractivity contribution in [3.8, 4) is 5.69 Å². The molecule has 130 valence electrons. The number of fused-ring (bicyclic) bond motifs is 1. The molecule has 1 aliphatic rings. The van der Waals surface area contributed by atoms with Gasteiger partial charge in [0.05, 0.1) is 12.3 Å². The zero-order valence-corrected chi connectivity index (χ0v) is 14.0. The summed E-state index contributed by atoms with van der Waals surface area (Å²) in [7, 11) is -0.955. The van der Waals surface area contributed by atoms with Crippen LogP contribution in [0, 0.1) is 12.7 Å². The van der Waals surface area contributed by atoms with Gasteiger partial charge in [0.1, 0.15) is 11.5 Å². The lowest BCUT2D eigenvalue weighted by Crippen LogP contribution is -2.28. The van der Waals surface area contributed by atoms with Gasteiger partial charge < -0.3 is 9.68 Å². The van der Waals surface area contributed by atoms with Crippen molar-refractivity contribution in [2.24, 2.45) is 0 Å². The molecular weight excluding hydrogens is 336 g/mol. The topological polar surface area (TPSA) is 77.2 Å². The minimum absolute atomic E-state index is 0.108. The second-order valence-corrected chi connectivity index (χ2v) is 6.18. The van der Waals surface area contributed by atoms with Crippen molar-refractivity contribution in [3.63, 3.8) is 0 Å². The molecule has 3 aromatic rings. The summed E-state index contributed by atoms with van der Waals surface area (Å²) in [5.74, 6) is -0.662. The van der Waals surface area contributed by atoms with E-state index < -0.39 is 12.9 Å². The van der Waals surface area contributed by atoms with Crippen LogP contribution in [0.2, 0.25) is 0 Å². The first-order valence-electron chi connectivity index (χ1n) is 8.16. The quantitative estimate of drug-likeness (QED) is 0.567. The molecule has 0 amide bonds. The molecule has 1 N–H and O–H groups in total. The van der Waals surface area contributed by atoms with Gasteiger partial charge in [-0.25, -0.2) is 9.07 Å². The van der Waals surface area contributed by atoms with Crippen LogP contribution in [-0.2, 0) is 17.7 Å². The number of aromatic nitrogens is 3. The Bertz CT molecular complexity index is 1010. The van der Waals surface area contributed by atoms with E-state index in [1.54, 1.807) is 31.2 Å². The van der Waals surface area contributed by atoms with Crippen molar-refractivity contribution < 1.29 is 18.9 Å². The fourth-order valence-electron chi connectivity index (χ4n) is 3.08. The number of ketones is 1. The predicted octanol–water partition coefficient (Wildman–Crippen LogP) is 1.36. The lowest BCUT2D eigenvalue weighted by molar-refractivity contribution is 0.0987. The Morgan fingerprint density at radius 3 is 2.96 bits per heavy atom. The molecule has 2 heterocycles. The Morgan fingerprint density at radius 2 is 2.15 bits per heavy atom. The van der Waals surface area contributed by atoms with Crippen molar-refractivity contribution in [1.29, 1.82) is 0 Å². The highest BCUT2D eigenvalue weighted by Gasteiger charge is 2.27. The highest BCUT2D eigenvalue weighted by atomic mass is 19.1. The lowest BCUT2D eigenvalue weighted by Gasteiger charge is -2.05. The van der Waals surface area contributed by atoms with E-state index in [0.717, 1.165) is 11.1 Å². The Balaban J connectivity index is 1.60. The minimum Gasteiger partial charge on any atom is -0.423 e. The molecule has 4 rings (SSSR count). The van der Waals surface area contributed by atoms with Gasteiger partial charge in [-0.3, -0.25) is 4.79 Å². The van der Waals surface area contributed by atoms with Gasteiger partial charge in [0, 0.05) is 6.42 Å². The number of Topliss-reactive ketones (excluding diaryl/α,β-unsaturated/α-hetero) is 1. The monoisotopic (exact) mass is 351 g/mol. The second-order valence-electron chi connectivity index (χ2n) is 6.18. The number of halogens is 1. The molecule has 0 saturated heterocycles. The van der Waals surface area contributed by atoms with E-state index in [-0.39, 0.29) is 23.6 Å². The van der Waals surface area contributed by atoms with Crippen molar-refractivity contribution in [3.05, 3.63) is 70.8 Å². The highest BCUT2D eigenvalue weighted by molar-refractivity contribution is 6.61. The number of hydrogen-bond acceptors (Lipinski definition) is 5. The zero-order chi connectivity index (χ0) is 18.3. The Labute approximate surface area is 149 Å². The maximum absolute atomic E-state index is 14.0. The molecule has 0 aliphatic carbocycles. The van der Waals surface area contributed by atoms with Crippen molar-refractivity contribution in [1.82, 2.24) is 15.0 Å². The molecule has 26 heavy (non-hydrogen) atoms. The van der Waals surface area contributed by atoms with Gasteiger partial charge in [-0.1, -0.05) is 35.5 Å². The maximum atomic E-state index is 14.0. The number of hydrogen-bond donors (Lipinski definition) is 1. The van der Waals surface area contributed by atoms with Crippen LogP contribution in [0.1, 0.15) is 27.3 Å². The average molecular weight is 351 g/mol. The molecule has 0 fully saturated rings.